The first-order valence-electron chi connectivity index (χ1n) is 8.08. The molecule has 2 N–H and O–H groups in total. The van der Waals surface area contributed by atoms with Crippen LogP contribution in [0.1, 0.15) is 25.7 Å². The number of anilines is 1. The summed E-state index contributed by atoms with van der Waals surface area (Å²) in [4.78, 5) is 12.0. The van der Waals surface area contributed by atoms with Crippen molar-refractivity contribution in [1.29, 1.82) is 0 Å². The van der Waals surface area contributed by atoms with Gasteiger partial charge in [-0.15, -0.1) is 0 Å². The Morgan fingerprint density at radius 1 is 1.12 bits per heavy atom. The Balaban J connectivity index is 1.50. The molecule has 1 aliphatic carbocycles. The molecule has 3 rings (SSSR count). The van der Waals surface area contributed by atoms with Gasteiger partial charge in [0, 0.05) is 17.7 Å². The highest BCUT2D eigenvalue weighted by Gasteiger charge is 2.41. The monoisotopic (exact) mass is 353 g/mol. The Morgan fingerprint density at radius 2 is 1.80 bits per heavy atom. The molecule has 0 radical (unpaired) electrons. The van der Waals surface area contributed by atoms with E-state index >= 15 is 0 Å². The lowest BCUT2D eigenvalue weighted by Crippen LogP contribution is -2.41. The first-order valence-corrected chi connectivity index (χ1v) is 8.08. The summed E-state index contributed by atoms with van der Waals surface area (Å²) in [5, 5.41) is 9.01. The number of aromatic nitrogens is 1. The molecule has 0 aliphatic heterocycles. The van der Waals surface area contributed by atoms with Gasteiger partial charge in [0.1, 0.15) is 0 Å². The van der Waals surface area contributed by atoms with E-state index in [1.165, 1.54) is 0 Å². The molecule has 5 nitrogen and oxygen atoms in total. The number of carbonyl (C=O) groups excluding carboxylic acids is 1. The number of nitrogens with one attached hydrogen (secondary N) is 2. The van der Waals surface area contributed by atoms with Gasteiger partial charge in [0.25, 0.3) is 0 Å². The maximum atomic E-state index is 12.6. The van der Waals surface area contributed by atoms with E-state index in [1.807, 2.05) is 30.3 Å². The quantitative estimate of drug-likeness (QED) is 0.848. The number of urea groups is 1. The molecule has 25 heavy (non-hydrogen) atoms. The van der Waals surface area contributed by atoms with Gasteiger partial charge in [-0.25, -0.2) is 4.79 Å². The van der Waals surface area contributed by atoms with E-state index < -0.39 is 18.1 Å². The second kappa shape index (κ2) is 7.16. The van der Waals surface area contributed by atoms with E-state index in [4.69, 9.17) is 4.52 Å². The number of nitrogens with zero attached hydrogens (tertiary/aromatic N) is 1. The van der Waals surface area contributed by atoms with Crippen LogP contribution in [0, 0.1) is 5.92 Å². The summed E-state index contributed by atoms with van der Waals surface area (Å²) < 4.78 is 43.1. The van der Waals surface area contributed by atoms with Crippen molar-refractivity contribution in [1.82, 2.24) is 10.5 Å². The molecule has 1 saturated carbocycles. The summed E-state index contributed by atoms with van der Waals surface area (Å²) in [7, 11) is 0. The van der Waals surface area contributed by atoms with E-state index in [1.54, 1.807) is 6.07 Å². The van der Waals surface area contributed by atoms with Crippen molar-refractivity contribution < 1.29 is 22.5 Å². The van der Waals surface area contributed by atoms with E-state index in [9.17, 15) is 18.0 Å². The van der Waals surface area contributed by atoms with Crippen molar-refractivity contribution in [3.63, 3.8) is 0 Å². The Hall–Kier alpha value is -2.51. The van der Waals surface area contributed by atoms with Crippen molar-refractivity contribution >= 4 is 11.8 Å². The lowest BCUT2D eigenvalue weighted by molar-refractivity contribution is -0.182. The summed E-state index contributed by atoms with van der Waals surface area (Å²) in [5.41, 5.74) is 0.828. The molecule has 0 unspecified atom stereocenters. The fourth-order valence-corrected chi connectivity index (χ4v) is 2.98. The van der Waals surface area contributed by atoms with Crippen LogP contribution in [0.4, 0.5) is 23.8 Å². The van der Waals surface area contributed by atoms with Crippen LogP contribution in [0.15, 0.2) is 40.9 Å². The Bertz CT molecular complexity index is 707. The zero-order valence-corrected chi connectivity index (χ0v) is 13.3. The molecule has 1 aliphatic rings. The molecule has 8 heteroatoms. The van der Waals surface area contributed by atoms with Crippen molar-refractivity contribution in [3.8, 4) is 11.3 Å². The van der Waals surface area contributed by atoms with Gasteiger partial charge in [0.2, 0.25) is 0 Å². The van der Waals surface area contributed by atoms with Crippen molar-refractivity contribution in [3.05, 3.63) is 36.4 Å². The zero-order valence-electron chi connectivity index (χ0n) is 13.3. The average molecular weight is 353 g/mol. The number of halogens is 3. The fraction of sp³-hybridized carbons (Fsp3) is 0.412. The molecule has 1 aromatic heterocycles. The standard InChI is InChI=1S/C17H18F3N3O2/c18-17(19,20)12-6-8-13(9-7-12)21-16(24)22-15-10-14(25-23-15)11-4-2-1-3-5-11/h1-5,10,12-13H,6-9H2,(H2,21,22,23,24). The SMILES string of the molecule is O=C(Nc1cc(-c2ccccc2)on1)NC1CCC(C(F)(F)F)CC1. The van der Waals surface area contributed by atoms with Crippen LogP contribution in [-0.2, 0) is 0 Å². The Morgan fingerprint density at radius 3 is 2.44 bits per heavy atom. The third-order valence-corrected chi connectivity index (χ3v) is 4.34. The van der Waals surface area contributed by atoms with Gasteiger partial charge in [0.15, 0.2) is 11.6 Å². The van der Waals surface area contributed by atoms with Gasteiger partial charge in [0.05, 0.1) is 5.92 Å². The summed E-state index contributed by atoms with van der Waals surface area (Å²) in [6, 6.07) is 10.1. The molecule has 0 spiro atoms. The van der Waals surface area contributed by atoms with Crippen LogP contribution in [0.25, 0.3) is 11.3 Å². The van der Waals surface area contributed by atoms with Gasteiger partial charge in [-0.2, -0.15) is 13.2 Å². The molecule has 2 aromatic rings. The van der Waals surface area contributed by atoms with E-state index in [-0.39, 0.29) is 24.7 Å². The number of hydrogen-bond acceptors (Lipinski definition) is 3. The van der Waals surface area contributed by atoms with Crippen molar-refractivity contribution in [2.45, 2.75) is 37.9 Å². The number of hydrogen-bond donors (Lipinski definition) is 2. The highest BCUT2D eigenvalue weighted by atomic mass is 19.4. The van der Waals surface area contributed by atoms with Crippen molar-refractivity contribution in [2.75, 3.05) is 5.32 Å². The van der Waals surface area contributed by atoms with E-state index in [2.05, 4.69) is 15.8 Å². The number of alkyl halides is 3. The minimum atomic E-state index is -4.15. The predicted molar refractivity (Wildman–Crippen MR) is 85.9 cm³/mol. The largest absolute Gasteiger partial charge is 0.391 e. The van der Waals surface area contributed by atoms with Crippen LogP contribution >= 0.6 is 0 Å². The molecule has 0 bridgehead atoms. The predicted octanol–water partition coefficient (Wildman–Crippen LogP) is 4.58. The molecule has 2 amide bonds. The average Bonchev–Trinajstić information content (AvgIpc) is 3.03. The molecular weight excluding hydrogens is 335 g/mol. The van der Waals surface area contributed by atoms with E-state index in [0.29, 0.717) is 18.6 Å². The number of amides is 2. The molecule has 1 aromatic carbocycles. The first kappa shape index (κ1) is 17.3. The van der Waals surface area contributed by atoms with Crippen LogP contribution in [-0.4, -0.2) is 23.4 Å². The summed E-state index contributed by atoms with van der Waals surface area (Å²) in [5.74, 6) is -0.500. The first-order chi connectivity index (χ1) is 11.9. The third-order valence-electron chi connectivity index (χ3n) is 4.34. The molecule has 0 saturated heterocycles. The lowest BCUT2D eigenvalue weighted by Gasteiger charge is -2.30. The summed E-state index contributed by atoms with van der Waals surface area (Å²) in [6.45, 7) is 0. The number of benzene rings is 1. The van der Waals surface area contributed by atoms with Gasteiger partial charge in [-0.1, -0.05) is 35.5 Å². The second-order valence-electron chi connectivity index (χ2n) is 6.13. The molecule has 1 heterocycles. The van der Waals surface area contributed by atoms with Crippen LogP contribution in [0.5, 0.6) is 0 Å². The van der Waals surface area contributed by atoms with Crippen LogP contribution in [0.2, 0.25) is 0 Å². The van der Waals surface area contributed by atoms with Crippen molar-refractivity contribution in [2.24, 2.45) is 5.92 Å². The molecular formula is C17H18F3N3O2. The number of carbonyl (C=O) groups is 1. The third kappa shape index (κ3) is 4.52. The molecule has 1 fully saturated rings. The Labute approximate surface area is 142 Å². The van der Waals surface area contributed by atoms with Gasteiger partial charge < -0.3 is 9.84 Å². The summed E-state index contributed by atoms with van der Waals surface area (Å²) in [6.07, 6.45) is -3.45. The highest BCUT2D eigenvalue weighted by Crippen LogP contribution is 2.37. The highest BCUT2D eigenvalue weighted by molar-refractivity contribution is 5.88. The maximum absolute atomic E-state index is 12.6. The molecule has 134 valence electrons. The van der Waals surface area contributed by atoms with Gasteiger partial charge in [-0.05, 0) is 25.7 Å². The zero-order chi connectivity index (χ0) is 17.9. The van der Waals surface area contributed by atoms with Gasteiger partial charge in [-0.3, -0.25) is 5.32 Å². The minimum Gasteiger partial charge on any atom is -0.354 e. The minimum absolute atomic E-state index is 0.0383. The molecule has 0 atom stereocenters. The normalized spacial score (nSPS) is 20.9. The smallest absolute Gasteiger partial charge is 0.354 e. The maximum Gasteiger partial charge on any atom is 0.391 e. The fourth-order valence-electron chi connectivity index (χ4n) is 2.98. The van der Waals surface area contributed by atoms with E-state index in [0.717, 1.165) is 5.56 Å². The number of rotatable bonds is 3. The lowest BCUT2D eigenvalue weighted by atomic mass is 9.86. The van der Waals surface area contributed by atoms with Crippen LogP contribution in [0.3, 0.4) is 0 Å². The van der Waals surface area contributed by atoms with Crippen LogP contribution < -0.4 is 10.6 Å². The topological polar surface area (TPSA) is 67.2 Å². The second-order valence-corrected chi connectivity index (χ2v) is 6.13. The van der Waals surface area contributed by atoms with Gasteiger partial charge >= 0.3 is 12.2 Å². The Kier molecular flexibility index (Phi) is 4.96. The summed E-state index contributed by atoms with van der Waals surface area (Å²) >= 11 is 0.